The first-order valence-corrected chi connectivity index (χ1v) is 10.4. The Morgan fingerprint density at radius 3 is 2.50 bits per heavy atom. The highest BCUT2D eigenvalue weighted by Crippen LogP contribution is 2.30. The molecule has 3 aromatic carbocycles. The number of imide groups is 1. The van der Waals surface area contributed by atoms with Crippen molar-refractivity contribution in [3.8, 4) is 17.6 Å². The highest BCUT2D eigenvalue weighted by Gasteiger charge is 2.34. The van der Waals surface area contributed by atoms with Gasteiger partial charge in [0.2, 0.25) is 0 Å². The van der Waals surface area contributed by atoms with E-state index in [-0.39, 0.29) is 24.4 Å². The van der Waals surface area contributed by atoms with Crippen molar-refractivity contribution in [2.24, 2.45) is 0 Å². The number of hydrogen-bond donors (Lipinski definition) is 1. The number of carbonyl (C=O) groups excluding carboxylic acids is 2. The van der Waals surface area contributed by atoms with Crippen LogP contribution in [0.25, 0.3) is 6.08 Å². The number of halogens is 1. The summed E-state index contributed by atoms with van der Waals surface area (Å²) in [6, 6.07) is 19.7. The van der Waals surface area contributed by atoms with Gasteiger partial charge in [0.05, 0.1) is 25.3 Å². The van der Waals surface area contributed by atoms with E-state index in [4.69, 9.17) is 9.47 Å². The molecule has 7 nitrogen and oxygen atoms in total. The lowest BCUT2D eigenvalue weighted by molar-refractivity contribution is -0.123. The van der Waals surface area contributed by atoms with Crippen LogP contribution in [0.2, 0.25) is 0 Å². The SMILES string of the molecule is COc1cc(/C=C2/NC(=O)N(Cc3ccccc3F)C2=O)ccc1OCc1ccccc1C#N. The molecule has 8 heteroatoms. The third-order valence-corrected chi connectivity index (χ3v) is 5.27. The van der Waals surface area contributed by atoms with Crippen LogP contribution in [0.1, 0.15) is 22.3 Å². The van der Waals surface area contributed by atoms with Gasteiger partial charge in [0.25, 0.3) is 5.91 Å². The Kier molecular flexibility index (Phi) is 6.55. The monoisotopic (exact) mass is 457 g/mol. The van der Waals surface area contributed by atoms with Gasteiger partial charge in [-0.3, -0.25) is 9.69 Å². The molecule has 1 aliphatic heterocycles. The lowest BCUT2D eigenvalue weighted by Gasteiger charge is -2.12. The zero-order chi connectivity index (χ0) is 24.1. The summed E-state index contributed by atoms with van der Waals surface area (Å²) in [6.07, 6.45) is 1.51. The van der Waals surface area contributed by atoms with Gasteiger partial charge in [0.15, 0.2) is 11.5 Å². The Balaban J connectivity index is 1.50. The van der Waals surface area contributed by atoms with Gasteiger partial charge >= 0.3 is 6.03 Å². The van der Waals surface area contributed by atoms with Gasteiger partial charge in [-0.05, 0) is 35.9 Å². The summed E-state index contributed by atoms with van der Waals surface area (Å²) in [5, 5.41) is 11.8. The van der Waals surface area contributed by atoms with E-state index in [1.807, 2.05) is 12.1 Å². The average Bonchev–Trinajstić information content (AvgIpc) is 3.11. The summed E-state index contributed by atoms with van der Waals surface area (Å²) in [6.45, 7) is 0.00896. The van der Waals surface area contributed by atoms with E-state index in [9.17, 15) is 19.2 Å². The molecule has 4 rings (SSSR count). The molecule has 1 fully saturated rings. The van der Waals surface area contributed by atoms with Crippen molar-refractivity contribution in [2.45, 2.75) is 13.2 Å². The molecule has 0 radical (unpaired) electrons. The van der Waals surface area contributed by atoms with Gasteiger partial charge in [-0.15, -0.1) is 0 Å². The second-order valence-electron chi connectivity index (χ2n) is 7.44. The van der Waals surface area contributed by atoms with Crippen molar-refractivity contribution in [3.63, 3.8) is 0 Å². The zero-order valence-electron chi connectivity index (χ0n) is 18.2. The number of nitrogens with zero attached hydrogens (tertiary/aromatic N) is 2. The fraction of sp³-hybridized carbons (Fsp3) is 0.115. The maximum absolute atomic E-state index is 14.0. The standard InChI is InChI=1S/C26H20FN3O4/c1-33-24-13-17(10-11-23(24)34-16-20-8-3-2-6-18(20)14-28)12-22-25(31)30(26(32)29-22)15-19-7-4-5-9-21(19)27/h2-13H,15-16H2,1H3,(H,29,32)/b22-12+. The molecule has 0 atom stereocenters. The van der Waals surface area contributed by atoms with Crippen molar-refractivity contribution in [1.82, 2.24) is 10.2 Å². The molecule has 1 aliphatic rings. The first kappa shape index (κ1) is 22.6. The van der Waals surface area contributed by atoms with Crippen LogP contribution in [0, 0.1) is 17.1 Å². The van der Waals surface area contributed by atoms with Crippen LogP contribution in [0.15, 0.2) is 72.4 Å². The number of nitriles is 1. The fourth-order valence-corrected chi connectivity index (χ4v) is 3.48. The number of hydrogen-bond acceptors (Lipinski definition) is 5. The van der Waals surface area contributed by atoms with Crippen LogP contribution in [0.3, 0.4) is 0 Å². The van der Waals surface area contributed by atoms with Crippen LogP contribution < -0.4 is 14.8 Å². The molecule has 0 unspecified atom stereocenters. The van der Waals surface area contributed by atoms with Gasteiger partial charge in [0.1, 0.15) is 18.1 Å². The quantitative estimate of drug-likeness (QED) is 0.420. The first-order chi connectivity index (χ1) is 16.5. The topological polar surface area (TPSA) is 91.7 Å². The second kappa shape index (κ2) is 9.88. The molecule has 3 amide bonds. The van der Waals surface area contributed by atoms with Crippen LogP contribution in [-0.4, -0.2) is 23.9 Å². The second-order valence-corrected chi connectivity index (χ2v) is 7.44. The minimum Gasteiger partial charge on any atom is -0.493 e. The molecule has 0 spiro atoms. The minimum atomic E-state index is -0.623. The van der Waals surface area contributed by atoms with Gasteiger partial charge in [-0.1, -0.05) is 42.5 Å². The summed E-state index contributed by atoms with van der Waals surface area (Å²) in [5.41, 5.74) is 2.18. The van der Waals surface area contributed by atoms with Gasteiger partial charge in [0, 0.05) is 11.1 Å². The predicted molar refractivity (Wildman–Crippen MR) is 122 cm³/mol. The maximum Gasteiger partial charge on any atom is 0.329 e. The number of rotatable bonds is 7. The van der Waals surface area contributed by atoms with E-state index in [0.717, 1.165) is 10.5 Å². The van der Waals surface area contributed by atoms with Crippen LogP contribution in [0.5, 0.6) is 11.5 Å². The predicted octanol–water partition coefficient (Wildman–Crippen LogP) is 4.38. The molecule has 34 heavy (non-hydrogen) atoms. The number of ether oxygens (including phenoxy) is 2. The van der Waals surface area contributed by atoms with Crippen molar-refractivity contribution in [3.05, 3.63) is 100 Å². The number of benzene rings is 3. The lowest BCUT2D eigenvalue weighted by atomic mass is 10.1. The Labute approximate surface area is 195 Å². The molecule has 0 bridgehead atoms. The smallest absolute Gasteiger partial charge is 0.329 e. The molecule has 1 saturated heterocycles. The molecule has 1 N–H and O–H groups in total. The molecule has 1 heterocycles. The van der Waals surface area contributed by atoms with Crippen LogP contribution >= 0.6 is 0 Å². The minimum absolute atomic E-state index is 0.0695. The number of urea groups is 1. The number of amides is 3. The molecule has 3 aromatic rings. The van der Waals surface area contributed by atoms with Gasteiger partial charge < -0.3 is 14.8 Å². The van der Waals surface area contributed by atoms with E-state index < -0.39 is 17.8 Å². The van der Waals surface area contributed by atoms with Gasteiger partial charge in [-0.2, -0.15) is 5.26 Å². The van der Waals surface area contributed by atoms with Gasteiger partial charge in [-0.25, -0.2) is 9.18 Å². The molecule has 0 saturated carbocycles. The third-order valence-electron chi connectivity index (χ3n) is 5.27. The largest absolute Gasteiger partial charge is 0.493 e. The van der Waals surface area contributed by atoms with E-state index in [2.05, 4.69) is 11.4 Å². The first-order valence-electron chi connectivity index (χ1n) is 10.4. The highest BCUT2D eigenvalue weighted by atomic mass is 19.1. The fourth-order valence-electron chi connectivity index (χ4n) is 3.48. The van der Waals surface area contributed by atoms with Crippen molar-refractivity contribution < 1.29 is 23.5 Å². The highest BCUT2D eigenvalue weighted by molar-refractivity contribution is 6.13. The molecular weight excluding hydrogens is 437 g/mol. The summed E-state index contributed by atoms with van der Waals surface area (Å²) >= 11 is 0. The normalized spacial score (nSPS) is 14.1. The van der Waals surface area contributed by atoms with E-state index in [1.54, 1.807) is 42.5 Å². The van der Waals surface area contributed by atoms with Crippen molar-refractivity contribution in [1.29, 1.82) is 5.26 Å². The van der Waals surface area contributed by atoms with Crippen LogP contribution in [-0.2, 0) is 17.9 Å². The Bertz CT molecular complexity index is 1330. The summed E-state index contributed by atoms with van der Waals surface area (Å²) in [5.74, 6) is -0.164. The Morgan fingerprint density at radius 2 is 1.76 bits per heavy atom. The van der Waals surface area contributed by atoms with E-state index in [1.165, 1.54) is 25.3 Å². The molecular formula is C26H20FN3O4. The van der Waals surface area contributed by atoms with Crippen molar-refractivity contribution >= 4 is 18.0 Å². The van der Waals surface area contributed by atoms with Crippen LogP contribution in [0.4, 0.5) is 9.18 Å². The maximum atomic E-state index is 14.0. The zero-order valence-corrected chi connectivity index (χ0v) is 18.2. The summed E-state index contributed by atoms with van der Waals surface area (Å²) < 4.78 is 25.2. The van der Waals surface area contributed by atoms with E-state index >= 15 is 0 Å². The molecule has 0 aliphatic carbocycles. The van der Waals surface area contributed by atoms with E-state index in [0.29, 0.717) is 22.6 Å². The number of methoxy groups -OCH3 is 1. The Morgan fingerprint density at radius 1 is 1.03 bits per heavy atom. The lowest BCUT2D eigenvalue weighted by Crippen LogP contribution is -2.30. The molecule has 0 aromatic heterocycles. The summed E-state index contributed by atoms with van der Waals surface area (Å²) in [4.78, 5) is 26.0. The van der Waals surface area contributed by atoms with Crippen molar-refractivity contribution in [2.75, 3.05) is 7.11 Å². The average molecular weight is 457 g/mol. The summed E-state index contributed by atoms with van der Waals surface area (Å²) in [7, 11) is 1.49. The number of nitrogens with one attached hydrogen (secondary N) is 1. The number of carbonyl (C=O) groups is 2. The Hall–Kier alpha value is -4.64. The molecule has 170 valence electrons. The third kappa shape index (κ3) is 4.74.